The summed E-state index contributed by atoms with van der Waals surface area (Å²) in [5.41, 5.74) is 18.4. The summed E-state index contributed by atoms with van der Waals surface area (Å²) in [5.74, 6) is 0. The highest BCUT2D eigenvalue weighted by Crippen LogP contribution is 2.58. The van der Waals surface area contributed by atoms with Crippen LogP contribution in [0, 0.1) is 0 Å². The minimum absolute atomic E-state index is 0.127. The van der Waals surface area contributed by atoms with E-state index in [2.05, 4.69) is 232 Å². The summed E-state index contributed by atoms with van der Waals surface area (Å²) in [4.78, 5) is 2.39. The number of nitrogens with zero attached hydrogens (tertiary/aromatic N) is 2. The molecule has 2 nitrogen and oxygen atoms in total. The van der Waals surface area contributed by atoms with Gasteiger partial charge >= 0.3 is 0 Å². The number of hydrogen-bond donors (Lipinski definition) is 0. The lowest BCUT2D eigenvalue weighted by molar-refractivity contribution is 0.590. The van der Waals surface area contributed by atoms with E-state index in [4.69, 9.17) is 0 Å². The van der Waals surface area contributed by atoms with Gasteiger partial charge in [0.25, 0.3) is 0 Å². The Morgan fingerprint density at radius 2 is 0.945 bits per heavy atom. The third-order valence-electron chi connectivity index (χ3n) is 11.3. The van der Waals surface area contributed by atoms with Gasteiger partial charge in [0.1, 0.15) is 0 Å². The maximum Gasteiger partial charge on any atom is 0.0616 e. The molecule has 1 aromatic heterocycles. The second kappa shape index (κ2) is 13.5. The molecule has 1 aliphatic carbocycles. The Balaban J connectivity index is 1.22. The zero-order chi connectivity index (χ0) is 37.7. The Hall–Kier alpha value is -6.38. The lowest BCUT2D eigenvalue weighted by atomic mass is 9.79. The van der Waals surface area contributed by atoms with Crippen LogP contribution in [0.15, 0.2) is 188 Å². The number of benzene rings is 7. The zero-order valence-corrected chi connectivity index (χ0v) is 32.3. The van der Waals surface area contributed by atoms with Gasteiger partial charge in [0, 0.05) is 39.3 Å². The molecule has 0 bridgehead atoms. The largest absolute Gasteiger partial charge is 0.310 e. The van der Waals surface area contributed by atoms with E-state index in [1.165, 1.54) is 61.5 Å². The fourth-order valence-corrected chi connectivity index (χ4v) is 8.55. The van der Waals surface area contributed by atoms with Gasteiger partial charge in [-0.05, 0) is 92.9 Å². The second-order valence-corrected chi connectivity index (χ2v) is 16.3. The lowest BCUT2D eigenvalue weighted by Gasteiger charge is -2.29. The molecule has 268 valence electrons. The lowest BCUT2D eigenvalue weighted by Crippen LogP contribution is -2.17. The van der Waals surface area contributed by atoms with E-state index in [9.17, 15) is 0 Å². The molecule has 0 saturated carbocycles. The number of rotatable bonds is 7. The quantitative estimate of drug-likeness (QED) is 0.160. The highest BCUT2D eigenvalue weighted by Gasteiger charge is 2.43. The molecule has 0 amide bonds. The maximum absolute atomic E-state index is 2.52. The number of aromatic nitrogens is 1. The van der Waals surface area contributed by atoms with Crippen LogP contribution in [0.5, 0.6) is 0 Å². The van der Waals surface area contributed by atoms with E-state index < -0.39 is 0 Å². The Bertz CT molecular complexity index is 2590. The van der Waals surface area contributed by atoms with Crippen molar-refractivity contribution in [3.8, 4) is 50.5 Å². The van der Waals surface area contributed by atoms with Crippen LogP contribution in [0.25, 0.3) is 50.5 Å². The first-order valence-corrected chi connectivity index (χ1v) is 19.4. The molecule has 0 radical (unpaired) electrons. The van der Waals surface area contributed by atoms with Gasteiger partial charge in [0.15, 0.2) is 0 Å². The van der Waals surface area contributed by atoms with Crippen LogP contribution in [0.4, 0.5) is 17.1 Å². The Morgan fingerprint density at radius 1 is 0.455 bits per heavy atom. The molecule has 1 aliphatic rings. The molecule has 0 N–H and O–H groups in total. The number of para-hydroxylation sites is 2. The number of anilines is 3. The van der Waals surface area contributed by atoms with Crippen LogP contribution in [0.2, 0.25) is 0 Å². The van der Waals surface area contributed by atoms with Gasteiger partial charge in [0.05, 0.1) is 11.4 Å². The fourth-order valence-electron chi connectivity index (χ4n) is 8.55. The molecule has 2 heteroatoms. The first kappa shape index (κ1) is 34.4. The molecule has 1 heterocycles. The van der Waals surface area contributed by atoms with Gasteiger partial charge in [0.2, 0.25) is 0 Å². The number of hydrogen-bond acceptors (Lipinski definition) is 1. The van der Waals surface area contributed by atoms with Crippen LogP contribution >= 0.6 is 0 Å². The first-order chi connectivity index (χ1) is 26.7. The molecule has 0 unspecified atom stereocenters. The van der Waals surface area contributed by atoms with E-state index >= 15 is 0 Å². The average molecular weight is 711 g/mol. The zero-order valence-electron chi connectivity index (χ0n) is 32.3. The van der Waals surface area contributed by atoms with E-state index in [1.807, 2.05) is 0 Å². The molecule has 8 aromatic rings. The third-order valence-corrected chi connectivity index (χ3v) is 11.3. The average Bonchev–Trinajstić information content (AvgIpc) is 3.70. The molecule has 0 aliphatic heterocycles. The maximum atomic E-state index is 2.52. The van der Waals surface area contributed by atoms with Crippen LogP contribution in [-0.4, -0.2) is 4.57 Å². The van der Waals surface area contributed by atoms with Gasteiger partial charge in [-0.3, -0.25) is 0 Å². The fraction of sp³-hybridized carbons (Fsp3) is 0.132. The van der Waals surface area contributed by atoms with Crippen molar-refractivity contribution < 1.29 is 0 Å². The monoisotopic (exact) mass is 710 g/mol. The molecule has 0 spiro atoms. The summed E-state index contributed by atoms with van der Waals surface area (Å²) < 4.78 is 2.52. The van der Waals surface area contributed by atoms with Crippen molar-refractivity contribution >= 4 is 17.1 Å². The van der Waals surface area contributed by atoms with Gasteiger partial charge in [-0.25, -0.2) is 0 Å². The Kier molecular flexibility index (Phi) is 8.43. The SMILES string of the molecule is CC(C)(C)c1ccc(-c2ccc(N(c3ccccc3)c3ccc4c(c3)C(C)(C)c3c(-c5ccccc5)c(-c5ccccc5)n(-c5ccccc5)c3-4)cc2)cc1. The Labute approximate surface area is 326 Å². The van der Waals surface area contributed by atoms with E-state index in [1.54, 1.807) is 0 Å². The summed E-state index contributed by atoms with van der Waals surface area (Å²) in [6.45, 7) is 11.6. The van der Waals surface area contributed by atoms with Gasteiger partial charge in [-0.2, -0.15) is 0 Å². The predicted molar refractivity (Wildman–Crippen MR) is 233 cm³/mol. The van der Waals surface area contributed by atoms with Gasteiger partial charge in [-0.15, -0.1) is 0 Å². The summed E-state index contributed by atoms with van der Waals surface area (Å²) in [5, 5.41) is 0. The van der Waals surface area contributed by atoms with Crippen LogP contribution < -0.4 is 4.90 Å². The second-order valence-electron chi connectivity index (χ2n) is 16.3. The van der Waals surface area contributed by atoms with Crippen molar-refractivity contribution in [3.63, 3.8) is 0 Å². The molecule has 7 aromatic carbocycles. The van der Waals surface area contributed by atoms with Crippen LogP contribution in [0.1, 0.15) is 51.3 Å². The topological polar surface area (TPSA) is 8.17 Å². The van der Waals surface area contributed by atoms with Crippen LogP contribution in [0.3, 0.4) is 0 Å². The predicted octanol–water partition coefficient (Wildman–Crippen LogP) is 14.6. The van der Waals surface area contributed by atoms with Crippen molar-refractivity contribution in [2.24, 2.45) is 0 Å². The Morgan fingerprint density at radius 3 is 1.53 bits per heavy atom. The van der Waals surface area contributed by atoms with Crippen molar-refractivity contribution in [1.82, 2.24) is 4.57 Å². The van der Waals surface area contributed by atoms with E-state index in [0.29, 0.717) is 0 Å². The summed E-state index contributed by atoms with van der Waals surface area (Å²) in [6, 6.07) is 68.6. The molecule has 0 saturated heterocycles. The standard InChI is InChI=1S/C53H46N2/c1-52(2,3)41-30-26-37(27-31-41)38-28-32-44(33-29-38)54(42-22-14-8-15-23-42)45-34-35-46-47(36-45)53(4,5)49-48(39-18-10-6-11-19-39)50(40-20-12-7-13-21-40)55(51(46)49)43-24-16-9-17-25-43/h6-36H,1-5H3. The molecular formula is C53H46N2. The van der Waals surface area contributed by atoms with Gasteiger partial charge < -0.3 is 9.47 Å². The first-order valence-electron chi connectivity index (χ1n) is 19.4. The normalized spacial score (nSPS) is 13.0. The van der Waals surface area contributed by atoms with Gasteiger partial charge in [-0.1, -0.05) is 174 Å². The molecule has 55 heavy (non-hydrogen) atoms. The molecule has 0 fully saturated rings. The minimum atomic E-state index is -0.291. The van der Waals surface area contributed by atoms with Crippen molar-refractivity contribution in [3.05, 3.63) is 205 Å². The van der Waals surface area contributed by atoms with E-state index in [0.717, 1.165) is 22.7 Å². The molecule has 9 rings (SSSR count). The molecular weight excluding hydrogens is 665 g/mol. The third kappa shape index (κ3) is 5.99. The number of fused-ring (bicyclic) bond motifs is 3. The van der Waals surface area contributed by atoms with Crippen LogP contribution in [-0.2, 0) is 10.8 Å². The van der Waals surface area contributed by atoms with Crippen molar-refractivity contribution in [2.45, 2.75) is 45.4 Å². The molecule has 0 atom stereocenters. The summed E-state index contributed by atoms with van der Waals surface area (Å²) >= 11 is 0. The smallest absolute Gasteiger partial charge is 0.0616 e. The highest BCUT2D eigenvalue weighted by atomic mass is 15.1. The van der Waals surface area contributed by atoms with E-state index in [-0.39, 0.29) is 10.8 Å². The van der Waals surface area contributed by atoms with Crippen molar-refractivity contribution in [1.29, 1.82) is 0 Å². The highest BCUT2D eigenvalue weighted by molar-refractivity contribution is 5.98. The van der Waals surface area contributed by atoms with Crippen molar-refractivity contribution in [2.75, 3.05) is 4.90 Å². The summed E-state index contributed by atoms with van der Waals surface area (Å²) in [6.07, 6.45) is 0. The minimum Gasteiger partial charge on any atom is -0.310 e. The summed E-state index contributed by atoms with van der Waals surface area (Å²) in [7, 11) is 0.